The van der Waals surface area contributed by atoms with Gasteiger partial charge in [0.15, 0.2) is 0 Å². The predicted molar refractivity (Wildman–Crippen MR) is 108 cm³/mol. The molecule has 9 heteroatoms. The summed E-state index contributed by atoms with van der Waals surface area (Å²) in [5.41, 5.74) is 4.10. The van der Waals surface area contributed by atoms with Crippen LogP contribution in [-0.4, -0.2) is 47.7 Å². The molecule has 0 fully saturated rings. The number of nitrogens with one attached hydrogen (secondary N) is 1. The van der Waals surface area contributed by atoms with Crippen molar-refractivity contribution in [3.8, 4) is 0 Å². The Hall–Kier alpha value is -2.78. The maximum absolute atomic E-state index is 12.3. The molecule has 2 aromatic carbocycles. The van der Waals surface area contributed by atoms with Crippen LogP contribution in [0.2, 0.25) is 0 Å². The van der Waals surface area contributed by atoms with Crippen LogP contribution in [0.3, 0.4) is 0 Å². The van der Waals surface area contributed by atoms with E-state index in [4.69, 9.17) is 0 Å². The quantitative estimate of drug-likeness (QED) is 0.684. The first kappa shape index (κ1) is 20.0. The number of hydrogen-bond acceptors (Lipinski definition) is 5. The molecule has 148 valence electrons. The molecule has 0 atom stereocenters. The molecule has 0 spiro atoms. The number of hydrogen-bond donors (Lipinski definition) is 1. The lowest BCUT2D eigenvalue weighted by Gasteiger charge is -2.11. The van der Waals surface area contributed by atoms with Crippen molar-refractivity contribution < 1.29 is 13.2 Å². The predicted octanol–water partition coefficient (Wildman–Crippen LogP) is 2.33. The van der Waals surface area contributed by atoms with E-state index in [9.17, 15) is 13.2 Å². The fourth-order valence-corrected chi connectivity index (χ4v) is 3.72. The number of anilines is 1. The average Bonchev–Trinajstić information content (AvgIpc) is 3.06. The van der Waals surface area contributed by atoms with Gasteiger partial charge in [0.05, 0.1) is 17.0 Å². The van der Waals surface area contributed by atoms with Crippen LogP contribution in [0.15, 0.2) is 41.3 Å². The first-order valence-corrected chi connectivity index (χ1v) is 10.3. The zero-order valence-electron chi connectivity index (χ0n) is 16.3. The zero-order valence-corrected chi connectivity index (χ0v) is 17.1. The highest BCUT2D eigenvalue weighted by molar-refractivity contribution is 7.89. The lowest BCUT2D eigenvalue weighted by Crippen LogP contribution is -2.22. The van der Waals surface area contributed by atoms with Gasteiger partial charge < -0.3 is 5.32 Å². The van der Waals surface area contributed by atoms with Gasteiger partial charge in [-0.05, 0) is 49.2 Å². The third kappa shape index (κ3) is 3.90. The summed E-state index contributed by atoms with van der Waals surface area (Å²) >= 11 is 0. The molecule has 28 heavy (non-hydrogen) atoms. The molecular weight excluding hydrogens is 378 g/mol. The topological polar surface area (TPSA) is 97.2 Å². The normalized spacial score (nSPS) is 11.9. The second-order valence-corrected chi connectivity index (χ2v) is 8.95. The minimum atomic E-state index is -3.53. The first-order chi connectivity index (χ1) is 13.2. The number of aryl methyl sites for hydroxylation is 2. The summed E-state index contributed by atoms with van der Waals surface area (Å²) < 4.78 is 27.2. The highest BCUT2D eigenvalue weighted by Crippen LogP contribution is 2.20. The number of rotatable bonds is 6. The minimum absolute atomic E-state index is 0.121. The van der Waals surface area contributed by atoms with Gasteiger partial charge in [-0.1, -0.05) is 17.3 Å². The van der Waals surface area contributed by atoms with E-state index in [0.717, 1.165) is 21.1 Å². The monoisotopic (exact) mass is 401 g/mol. The van der Waals surface area contributed by atoms with Gasteiger partial charge in [-0.25, -0.2) is 17.4 Å². The van der Waals surface area contributed by atoms with Gasteiger partial charge in [0.2, 0.25) is 15.9 Å². The SMILES string of the molecule is Cc1cccc(NC(=O)CCn2nnc3cc(S(=O)(=O)N(C)C)ccc32)c1C. The van der Waals surface area contributed by atoms with Crippen LogP contribution in [0.1, 0.15) is 17.5 Å². The summed E-state index contributed by atoms with van der Waals surface area (Å²) in [6, 6.07) is 10.4. The molecule has 3 rings (SSSR count). The molecule has 1 heterocycles. The number of aromatic nitrogens is 3. The second-order valence-electron chi connectivity index (χ2n) is 6.80. The molecule has 0 aliphatic heterocycles. The minimum Gasteiger partial charge on any atom is -0.326 e. The van der Waals surface area contributed by atoms with Crippen LogP contribution in [0.4, 0.5) is 5.69 Å². The Morgan fingerprint density at radius 1 is 1.18 bits per heavy atom. The molecular formula is C19H23N5O3S. The lowest BCUT2D eigenvalue weighted by atomic mass is 10.1. The van der Waals surface area contributed by atoms with Crippen molar-refractivity contribution in [3.05, 3.63) is 47.5 Å². The van der Waals surface area contributed by atoms with E-state index in [2.05, 4.69) is 15.6 Å². The van der Waals surface area contributed by atoms with E-state index >= 15 is 0 Å². The first-order valence-electron chi connectivity index (χ1n) is 8.82. The largest absolute Gasteiger partial charge is 0.326 e. The number of carbonyl (C=O) groups is 1. The van der Waals surface area contributed by atoms with Gasteiger partial charge in [-0.15, -0.1) is 5.10 Å². The van der Waals surface area contributed by atoms with E-state index in [0.29, 0.717) is 17.6 Å². The van der Waals surface area contributed by atoms with Gasteiger partial charge in [0, 0.05) is 26.2 Å². The standard InChI is InChI=1S/C19H23N5O3S/c1-13-6-5-7-16(14(13)2)20-19(25)10-11-24-18-9-8-15(12-17(18)21-22-24)28(26,27)23(3)4/h5-9,12H,10-11H2,1-4H3,(H,20,25). The molecule has 0 unspecified atom stereocenters. The van der Waals surface area contributed by atoms with Crippen molar-refractivity contribution >= 4 is 32.7 Å². The van der Waals surface area contributed by atoms with E-state index in [1.165, 1.54) is 26.2 Å². The van der Waals surface area contributed by atoms with E-state index in [1.54, 1.807) is 10.7 Å². The number of amides is 1. The Balaban J connectivity index is 1.73. The smallest absolute Gasteiger partial charge is 0.242 e. The second kappa shape index (κ2) is 7.69. The average molecular weight is 401 g/mol. The Labute approximate surface area is 164 Å². The number of nitrogens with zero attached hydrogens (tertiary/aromatic N) is 4. The van der Waals surface area contributed by atoms with Gasteiger partial charge >= 0.3 is 0 Å². The number of benzene rings is 2. The molecule has 0 bridgehead atoms. The number of fused-ring (bicyclic) bond motifs is 1. The van der Waals surface area contributed by atoms with Crippen molar-refractivity contribution in [2.75, 3.05) is 19.4 Å². The third-order valence-electron chi connectivity index (χ3n) is 4.69. The fourth-order valence-electron chi connectivity index (χ4n) is 2.80. The van der Waals surface area contributed by atoms with Crippen molar-refractivity contribution in [3.63, 3.8) is 0 Å². The maximum Gasteiger partial charge on any atom is 0.242 e. The Morgan fingerprint density at radius 2 is 1.93 bits per heavy atom. The van der Waals surface area contributed by atoms with E-state index < -0.39 is 10.0 Å². The summed E-state index contributed by atoms with van der Waals surface area (Å²) in [5.74, 6) is -0.121. The molecule has 0 saturated carbocycles. The molecule has 1 amide bonds. The maximum atomic E-state index is 12.3. The van der Waals surface area contributed by atoms with Crippen LogP contribution in [0.25, 0.3) is 11.0 Å². The molecule has 0 saturated heterocycles. The third-order valence-corrected chi connectivity index (χ3v) is 6.50. The summed E-state index contributed by atoms with van der Waals surface area (Å²) in [6.45, 7) is 4.31. The summed E-state index contributed by atoms with van der Waals surface area (Å²) in [4.78, 5) is 12.5. The summed E-state index contributed by atoms with van der Waals surface area (Å²) in [6.07, 6.45) is 0.226. The van der Waals surface area contributed by atoms with Crippen LogP contribution >= 0.6 is 0 Å². The Bertz CT molecular complexity index is 1140. The van der Waals surface area contributed by atoms with Crippen LogP contribution in [0, 0.1) is 13.8 Å². The van der Waals surface area contributed by atoms with Crippen molar-refractivity contribution in [2.24, 2.45) is 0 Å². The van der Waals surface area contributed by atoms with Gasteiger partial charge in [0.25, 0.3) is 0 Å². The molecule has 8 nitrogen and oxygen atoms in total. The Kier molecular flexibility index (Phi) is 5.48. The molecule has 3 aromatic rings. The van der Waals surface area contributed by atoms with Crippen molar-refractivity contribution in [2.45, 2.75) is 31.7 Å². The number of sulfonamides is 1. The lowest BCUT2D eigenvalue weighted by molar-refractivity contribution is -0.116. The molecule has 1 aromatic heterocycles. The van der Waals surface area contributed by atoms with Crippen molar-refractivity contribution in [1.29, 1.82) is 0 Å². The van der Waals surface area contributed by atoms with Crippen LogP contribution in [-0.2, 0) is 21.4 Å². The van der Waals surface area contributed by atoms with Gasteiger partial charge in [-0.3, -0.25) is 4.79 Å². The highest BCUT2D eigenvalue weighted by Gasteiger charge is 2.19. The van der Waals surface area contributed by atoms with E-state index in [-0.39, 0.29) is 17.2 Å². The molecule has 0 aliphatic rings. The highest BCUT2D eigenvalue weighted by atomic mass is 32.2. The fraction of sp³-hybridized carbons (Fsp3) is 0.316. The van der Waals surface area contributed by atoms with Gasteiger partial charge in [-0.2, -0.15) is 0 Å². The number of carbonyl (C=O) groups excluding carboxylic acids is 1. The summed E-state index contributed by atoms with van der Waals surface area (Å²) in [5, 5.41) is 11.0. The summed E-state index contributed by atoms with van der Waals surface area (Å²) in [7, 11) is -0.581. The molecule has 0 radical (unpaired) electrons. The van der Waals surface area contributed by atoms with E-state index in [1.807, 2.05) is 32.0 Å². The zero-order chi connectivity index (χ0) is 20.5. The van der Waals surface area contributed by atoms with Gasteiger partial charge in [0.1, 0.15) is 5.52 Å². The van der Waals surface area contributed by atoms with Crippen LogP contribution < -0.4 is 5.32 Å². The Morgan fingerprint density at radius 3 is 2.64 bits per heavy atom. The molecule has 1 N–H and O–H groups in total. The van der Waals surface area contributed by atoms with Crippen LogP contribution in [0.5, 0.6) is 0 Å². The molecule has 0 aliphatic carbocycles. The van der Waals surface area contributed by atoms with Crippen molar-refractivity contribution in [1.82, 2.24) is 19.3 Å².